The third-order valence-electron chi connectivity index (χ3n) is 4.09. The molecule has 1 aromatic carbocycles. The summed E-state index contributed by atoms with van der Waals surface area (Å²) >= 11 is 6.03. The molecule has 0 saturated carbocycles. The Hall–Kier alpha value is -2.93. The van der Waals surface area contributed by atoms with E-state index in [-0.39, 0.29) is 11.7 Å². The third-order valence-corrected chi connectivity index (χ3v) is 4.45. The van der Waals surface area contributed by atoms with Crippen molar-refractivity contribution in [2.45, 2.75) is 26.9 Å². The average Bonchev–Trinajstić information content (AvgIpc) is 3.21. The van der Waals surface area contributed by atoms with Crippen molar-refractivity contribution in [1.29, 1.82) is 0 Å². The number of amides is 1. The molecule has 1 amide bonds. The molecule has 3 aromatic rings. The third kappa shape index (κ3) is 4.62. The summed E-state index contributed by atoms with van der Waals surface area (Å²) in [5.74, 6) is -0.253. The van der Waals surface area contributed by atoms with Crippen molar-refractivity contribution >= 4 is 29.4 Å². The summed E-state index contributed by atoms with van der Waals surface area (Å²) in [6.07, 6.45) is 6.61. The molecule has 0 radical (unpaired) electrons. The molecule has 8 heteroatoms. The van der Waals surface area contributed by atoms with Crippen LogP contribution < -0.4 is 5.32 Å². The second-order valence-corrected chi connectivity index (χ2v) is 6.37. The van der Waals surface area contributed by atoms with E-state index < -0.39 is 0 Å². The summed E-state index contributed by atoms with van der Waals surface area (Å²) in [4.78, 5) is 12.1. The Morgan fingerprint density at radius 2 is 2.19 bits per heavy atom. The van der Waals surface area contributed by atoms with Crippen LogP contribution in [-0.4, -0.2) is 25.5 Å². The normalized spacial score (nSPS) is 11.3. The monoisotopic (exact) mass is 387 g/mol. The number of nitrogens with zero attached hydrogens (tertiary/aromatic N) is 4. The van der Waals surface area contributed by atoms with Crippen LogP contribution in [0, 0.1) is 12.7 Å². The number of hydrogen-bond donors (Lipinski definition) is 1. The predicted octanol–water partition coefficient (Wildman–Crippen LogP) is 3.90. The molecule has 0 bridgehead atoms. The van der Waals surface area contributed by atoms with Crippen molar-refractivity contribution in [1.82, 2.24) is 19.6 Å². The molecule has 27 heavy (non-hydrogen) atoms. The minimum absolute atomic E-state index is 0.288. The number of nitrogens with one attached hydrogen (secondary N) is 1. The Morgan fingerprint density at radius 1 is 1.37 bits per heavy atom. The number of benzene rings is 1. The summed E-state index contributed by atoms with van der Waals surface area (Å²) < 4.78 is 16.6. The van der Waals surface area contributed by atoms with Gasteiger partial charge in [0.2, 0.25) is 5.91 Å². The number of halogens is 2. The lowest BCUT2D eigenvalue weighted by molar-refractivity contribution is -0.111. The van der Waals surface area contributed by atoms with E-state index in [4.69, 9.17) is 11.6 Å². The summed E-state index contributed by atoms with van der Waals surface area (Å²) in [7, 11) is 0. The van der Waals surface area contributed by atoms with Crippen LogP contribution in [0.1, 0.15) is 23.7 Å². The molecule has 3 rings (SSSR count). The van der Waals surface area contributed by atoms with Crippen LogP contribution in [0.2, 0.25) is 5.02 Å². The number of carbonyl (C=O) groups is 1. The number of carbonyl (C=O) groups excluding carboxylic acids is 1. The largest absolute Gasteiger partial charge is 0.306 e. The number of rotatable bonds is 6. The van der Waals surface area contributed by atoms with Crippen molar-refractivity contribution in [3.63, 3.8) is 0 Å². The van der Waals surface area contributed by atoms with Crippen LogP contribution in [0.25, 0.3) is 6.08 Å². The van der Waals surface area contributed by atoms with Gasteiger partial charge in [-0.25, -0.2) is 4.39 Å². The molecule has 6 nitrogen and oxygen atoms in total. The molecule has 0 aliphatic heterocycles. The van der Waals surface area contributed by atoms with E-state index in [2.05, 4.69) is 15.5 Å². The zero-order valence-electron chi connectivity index (χ0n) is 15.0. The van der Waals surface area contributed by atoms with Gasteiger partial charge in [0.05, 0.1) is 12.7 Å². The lowest BCUT2D eigenvalue weighted by Gasteiger charge is -2.04. The van der Waals surface area contributed by atoms with E-state index in [1.54, 1.807) is 35.3 Å². The maximum absolute atomic E-state index is 13.1. The predicted molar refractivity (Wildman–Crippen MR) is 103 cm³/mol. The zero-order valence-corrected chi connectivity index (χ0v) is 15.7. The number of aryl methyl sites for hydroxylation is 1. The highest BCUT2D eigenvalue weighted by Crippen LogP contribution is 2.18. The topological polar surface area (TPSA) is 64.7 Å². The smallest absolute Gasteiger partial charge is 0.249 e. The molecule has 0 atom stereocenters. The van der Waals surface area contributed by atoms with Crippen LogP contribution in [0.5, 0.6) is 0 Å². The first-order valence-corrected chi connectivity index (χ1v) is 8.83. The second kappa shape index (κ2) is 8.18. The van der Waals surface area contributed by atoms with E-state index in [9.17, 15) is 9.18 Å². The molecule has 0 spiro atoms. The van der Waals surface area contributed by atoms with Crippen LogP contribution in [0.15, 0.2) is 42.7 Å². The summed E-state index contributed by atoms with van der Waals surface area (Å²) in [5, 5.41) is 11.6. The minimum Gasteiger partial charge on any atom is -0.306 e. The van der Waals surface area contributed by atoms with Crippen molar-refractivity contribution in [3.8, 4) is 0 Å². The maximum atomic E-state index is 13.1. The number of anilines is 1. The fraction of sp³-hybridized carbons (Fsp3) is 0.211. The van der Waals surface area contributed by atoms with Gasteiger partial charge in [0.15, 0.2) is 5.82 Å². The first-order chi connectivity index (χ1) is 13.0. The molecule has 0 saturated heterocycles. The van der Waals surface area contributed by atoms with Gasteiger partial charge in [-0.15, -0.1) is 0 Å². The molecule has 0 unspecified atom stereocenters. The first-order valence-electron chi connectivity index (χ1n) is 8.45. The van der Waals surface area contributed by atoms with E-state index in [1.807, 2.05) is 18.5 Å². The highest BCUT2D eigenvalue weighted by Gasteiger charge is 2.07. The van der Waals surface area contributed by atoms with Crippen LogP contribution in [-0.2, 0) is 17.9 Å². The molecular formula is C19H19ClFN5O. The van der Waals surface area contributed by atoms with Crippen molar-refractivity contribution in [2.75, 3.05) is 5.32 Å². The standard InChI is InChI=1S/C19H19ClFN5O/c1-3-26-13(2)14(11-22-26)5-7-19(27)23-18-8-9-25(24-18)12-15-4-6-16(21)10-17(15)20/h4-11H,3,12H2,1-2H3,(H,23,24,27)/b7-5+. The first kappa shape index (κ1) is 18.8. The lowest BCUT2D eigenvalue weighted by Crippen LogP contribution is -2.09. The Balaban J connectivity index is 1.62. The van der Waals surface area contributed by atoms with Gasteiger partial charge in [0.25, 0.3) is 0 Å². The van der Waals surface area contributed by atoms with Gasteiger partial charge in [-0.1, -0.05) is 17.7 Å². The summed E-state index contributed by atoms with van der Waals surface area (Å²) in [6, 6.07) is 5.90. The highest BCUT2D eigenvalue weighted by atomic mass is 35.5. The van der Waals surface area contributed by atoms with Gasteiger partial charge in [-0.3, -0.25) is 14.2 Å². The Bertz CT molecular complexity index is 992. The van der Waals surface area contributed by atoms with Gasteiger partial charge in [-0.05, 0) is 37.6 Å². The molecule has 0 aliphatic carbocycles. The Kier molecular flexibility index (Phi) is 5.71. The fourth-order valence-electron chi connectivity index (χ4n) is 2.62. The Morgan fingerprint density at radius 3 is 2.89 bits per heavy atom. The van der Waals surface area contributed by atoms with Gasteiger partial charge >= 0.3 is 0 Å². The van der Waals surface area contributed by atoms with Crippen LogP contribution >= 0.6 is 11.6 Å². The van der Waals surface area contributed by atoms with E-state index in [0.29, 0.717) is 17.4 Å². The highest BCUT2D eigenvalue weighted by molar-refractivity contribution is 6.31. The molecule has 140 valence electrons. The SMILES string of the molecule is CCn1ncc(/C=C/C(=O)Nc2ccn(Cc3ccc(F)cc3Cl)n2)c1C. The maximum Gasteiger partial charge on any atom is 0.249 e. The van der Waals surface area contributed by atoms with Crippen molar-refractivity contribution in [3.05, 3.63) is 70.4 Å². The molecule has 2 aromatic heterocycles. The average molecular weight is 388 g/mol. The van der Waals surface area contributed by atoms with Crippen molar-refractivity contribution < 1.29 is 9.18 Å². The molecule has 2 heterocycles. The second-order valence-electron chi connectivity index (χ2n) is 5.96. The molecule has 1 N–H and O–H groups in total. The molecule has 0 fully saturated rings. The van der Waals surface area contributed by atoms with Crippen LogP contribution in [0.4, 0.5) is 10.2 Å². The molecule has 0 aliphatic rings. The van der Waals surface area contributed by atoms with Gasteiger partial charge < -0.3 is 5.32 Å². The van der Waals surface area contributed by atoms with E-state index in [0.717, 1.165) is 23.4 Å². The number of aromatic nitrogens is 4. The van der Waals surface area contributed by atoms with Gasteiger partial charge in [-0.2, -0.15) is 10.2 Å². The van der Waals surface area contributed by atoms with Gasteiger partial charge in [0, 0.05) is 41.2 Å². The fourth-order valence-corrected chi connectivity index (χ4v) is 2.84. The quantitative estimate of drug-likeness (QED) is 0.652. The van der Waals surface area contributed by atoms with E-state index in [1.165, 1.54) is 18.2 Å². The Labute approximate surface area is 161 Å². The zero-order chi connectivity index (χ0) is 19.4. The number of hydrogen-bond acceptors (Lipinski definition) is 3. The van der Waals surface area contributed by atoms with Crippen LogP contribution in [0.3, 0.4) is 0 Å². The lowest BCUT2D eigenvalue weighted by atomic mass is 10.2. The summed E-state index contributed by atoms with van der Waals surface area (Å²) in [6.45, 7) is 5.12. The summed E-state index contributed by atoms with van der Waals surface area (Å²) in [5.41, 5.74) is 2.63. The van der Waals surface area contributed by atoms with Crippen molar-refractivity contribution in [2.24, 2.45) is 0 Å². The minimum atomic E-state index is -0.385. The molecular weight excluding hydrogens is 369 g/mol. The van der Waals surface area contributed by atoms with Gasteiger partial charge in [0.1, 0.15) is 5.82 Å². The van der Waals surface area contributed by atoms with E-state index >= 15 is 0 Å².